The van der Waals surface area contributed by atoms with E-state index in [9.17, 15) is 14.4 Å². The Bertz CT molecular complexity index is 964. The van der Waals surface area contributed by atoms with Crippen molar-refractivity contribution in [2.45, 2.75) is 174 Å². The normalized spacial score (nSPS) is 12.8. The molecule has 0 aliphatic carbocycles. The number of hydrogen-bond donors (Lipinski definition) is 2. The minimum absolute atomic E-state index is 0.0370. The number of unbranched alkanes of at least 4 members (excludes halogenated alkanes) is 17. The van der Waals surface area contributed by atoms with Crippen molar-refractivity contribution in [1.82, 2.24) is 10.6 Å². The summed E-state index contributed by atoms with van der Waals surface area (Å²) in [6.45, 7) is 5.13. The zero-order valence-corrected chi connectivity index (χ0v) is 33.9. The second kappa shape index (κ2) is 35.7. The number of nitrogens with zero attached hydrogens (tertiary/aromatic N) is 1. The topological polar surface area (TPSA) is 84.5 Å². The Morgan fingerprint density at radius 1 is 0.549 bits per heavy atom. The molecule has 0 aromatic rings. The average molecular weight is 715 g/mol. The molecule has 0 aromatic carbocycles. The average Bonchev–Trinajstić information content (AvgIpc) is 3.08. The first-order valence-corrected chi connectivity index (χ1v) is 20.8. The number of allylic oxidation sites excluding steroid dienone is 8. The van der Waals surface area contributed by atoms with Crippen LogP contribution >= 0.6 is 0 Å². The second-order valence-corrected chi connectivity index (χ2v) is 15.1. The summed E-state index contributed by atoms with van der Waals surface area (Å²) in [5, 5.41) is 5.65. The highest BCUT2D eigenvalue weighted by molar-refractivity contribution is 5.85. The molecule has 2 amide bonds. The number of carbonyl (C=O) groups excluding carboxylic acids is 3. The van der Waals surface area contributed by atoms with E-state index in [0.717, 1.165) is 70.6 Å². The van der Waals surface area contributed by atoms with Gasteiger partial charge in [0.05, 0.1) is 27.7 Å². The van der Waals surface area contributed by atoms with Crippen LogP contribution in [0, 0.1) is 0 Å². The summed E-state index contributed by atoms with van der Waals surface area (Å²) in [4.78, 5) is 38.1. The van der Waals surface area contributed by atoms with Crippen LogP contribution in [0.3, 0.4) is 0 Å². The van der Waals surface area contributed by atoms with E-state index >= 15 is 0 Å². The molecule has 1 atom stereocenters. The molecule has 7 nitrogen and oxygen atoms in total. The third kappa shape index (κ3) is 36.9. The van der Waals surface area contributed by atoms with E-state index in [2.05, 4.69) is 73.1 Å². The number of esters is 1. The Labute approximate surface area is 314 Å². The number of nitrogens with one attached hydrogen (secondary N) is 2. The zero-order valence-electron chi connectivity index (χ0n) is 33.9. The summed E-state index contributed by atoms with van der Waals surface area (Å²) in [5.41, 5.74) is 0. The number of rotatable bonds is 35. The van der Waals surface area contributed by atoms with Gasteiger partial charge in [0, 0.05) is 13.0 Å². The van der Waals surface area contributed by atoms with Gasteiger partial charge in [-0.25, -0.2) is 4.79 Å². The highest BCUT2D eigenvalue weighted by atomic mass is 16.5. The quantitative estimate of drug-likeness (QED) is 0.0296. The monoisotopic (exact) mass is 715 g/mol. The van der Waals surface area contributed by atoms with Crippen molar-refractivity contribution >= 4 is 17.8 Å². The van der Waals surface area contributed by atoms with Crippen LogP contribution in [0.4, 0.5) is 0 Å². The maximum absolute atomic E-state index is 12.9. The largest absolute Gasteiger partial charge is 0.464 e. The standard InChI is InChI=1S/C44H79N3O4/c1-6-8-10-12-14-16-18-20-22-24-26-28-30-32-34-36-38-51-44(50)41(39-45-43(49)40-47(3,4)5)46-42(48)37-35-33-31-29-27-25-23-21-19-17-15-13-11-9-7-2/h14-17,20-23,41H,6-13,18-19,24-40H2,1-5H3,(H-,45,46,48,49)/p+1/t41-/m0/s1. The molecule has 0 fully saturated rings. The summed E-state index contributed by atoms with van der Waals surface area (Å²) in [6, 6.07) is -0.878. The van der Waals surface area contributed by atoms with Crippen LogP contribution in [0.5, 0.6) is 0 Å². The van der Waals surface area contributed by atoms with E-state index < -0.39 is 12.0 Å². The van der Waals surface area contributed by atoms with E-state index in [-0.39, 0.29) is 24.9 Å². The van der Waals surface area contributed by atoms with E-state index in [1.165, 1.54) is 77.0 Å². The molecular formula is C44H80N3O4+. The minimum atomic E-state index is -0.878. The van der Waals surface area contributed by atoms with Crippen LogP contribution in [-0.4, -0.2) is 69.1 Å². The molecule has 0 bridgehead atoms. The first-order chi connectivity index (χ1) is 24.7. The van der Waals surface area contributed by atoms with Crippen molar-refractivity contribution in [3.05, 3.63) is 48.6 Å². The molecule has 0 rings (SSSR count). The Morgan fingerprint density at radius 2 is 0.980 bits per heavy atom. The molecule has 51 heavy (non-hydrogen) atoms. The number of amides is 2. The first kappa shape index (κ1) is 48.3. The second-order valence-electron chi connectivity index (χ2n) is 15.1. The third-order valence-electron chi connectivity index (χ3n) is 8.68. The molecule has 0 spiro atoms. The van der Waals surface area contributed by atoms with Gasteiger partial charge in [0.2, 0.25) is 5.91 Å². The van der Waals surface area contributed by atoms with Crippen LogP contribution in [0.15, 0.2) is 48.6 Å². The van der Waals surface area contributed by atoms with E-state index in [1.54, 1.807) is 0 Å². The van der Waals surface area contributed by atoms with E-state index in [4.69, 9.17) is 4.74 Å². The molecular weight excluding hydrogens is 635 g/mol. The van der Waals surface area contributed by atoms with Gasteiger partial charge in [-0.1, -0.05) is 133 Å². The van der Waals surface area contributed by atoms with Crippen molar-refractivity contribution in [3.63, 3.8) is 0 Å². The van der Waals surface area contributed by atoms with Crippen LogP contribution < -0.4 is 10.6 Å². The summed E-state index contributed by atoms with van der Waals surface area (Å²) in [5.74, 6) is -0.804. The van der Waals surface area contributed by atoms with E-state index in [0.29, 0.717) is 17.5 Å². The van der Waals surface area contributed by atoms with Gasteiger partial charge in [-0.05, 0) is 77.0 Å². The molecule has 0 saturated carbocycles. The van der Waals surface area contributed by atoms with Crippen LogP contribution in [0.2, 0.25) is 0 Å². The lowest BCUT2D eigenvalue weighted by Crippen LogP contribution is -2.51. The summed E-state index contributed by atoms with van der Waals surface area (Å²) in [7, 11) is 5.81. The maximum atomic E-state index is 12.9. The molecule has 0 aromatic heterocycles. The van der Waals surface area contributed by atoms with Crippen molar-refractivity contribution in [3.8, 4) is 0 Å². The molecule has 0 radical (unpaired) electrons. The SMILES string of the molecule is CCCCCC=CCC=CCCCCCCCCOC(=O)[C@H](CNC(=O)C[N+](C)(C)C)NC(=O)CCCCCCCC=CCC=CCCCCC. The molecule has 0 saturated heterocycles. The van der Waals surface area contributed by atoms with Crippen LogP contribution in [0.1, 0.15) is 168 Å². The fraction of sp³-hybridized carbons (Fsp3) is 0.750. The number of quaternary nitrogens is 1. The molecule has 0 aliphatic rings. The van der Waals surface area contributed by atoms with Gasteiger partial charge in [-0.15, -0.1) is 0 Å². The molecule has 0 unspecified atom stereocenters. The van der Waals surface area contributed by atoms with Crippen molar-refractivity contribution in [2.75, 3.05) is 40.8 Å². The number of hydrogen-bond acceptors (Lipinski definition) is 4. The number of carbonyl (C=O) groups is 3. The fourth-order valence-electron chi connectivity index (χ4n) is 5.62. The predicted molar refractivity (Wildman–Crippen MR) is 218 cm³/mol. The Hall–Kier alpha value is -2.67. The highest BCUT2D eigenvalue weighted by Crippen LogP contribution is 2.10. The van der Waals surface area contributed by atoms with Crippen molar-refractivity contribution < 1.29 is 23.6 Å². The lowest BCUT2D eigenvalue weighted by atomic mass is 10.1. The van der Waals surface area contributed by atoms with E-state index in [1.807, 2.05) is 21.1 Å². The summed E-state index contributed by atoms with van der Waals surface area (Å²) in [6.07, 6.45) is 44.8. The van der Waals surface area contributed by atoms with Crippen molar-refractivity contribution in [1.29, 1.82) is 0 Å². The Morgan fingerprint density at radius 3 is 1.45 bits per heavy atom. The zero-order chi connectivity index (χ0) is 37.7. The molecule has 294 valence electrons. The van der Waals surface area contributed by atoms with Gasteiger partial charge in [-0.3, -0.25) is 9.59 Å². The Kier molecular flexibility index (Phi) is 33.9. The fourth-order valence-corrected chi connectivity index (χ4v) is 5.62. The predicted octanol–water partition coefficient (Wildman–Crippen LogP) is 10.5. The minimum Gasteiger partial charge on any atom is -0.464 e. The van der Waals surface area contributed by atoms with Gasteiger partial charge in [0.15, 0.2) is 6.54 Å². The van der Waals surface area contributed by atoms with Crippen LogP contribution in [-0.2, 0) is 19.1 Å². The van der Waals surface area contributed by atoms with Gasteiger partial charge < -0.3 is 19.9 Å². The summed E-state index contributed by atoms with van der Waals surface area (Å²) < 4.78 is 6.04. The lowest BCUT2D eigenvalue weighted by Gasteiger charge is -2.24. The lowest BCUT2D eigenvalue weighted by molar-refractivity contribution is -0.862. The maximum Gasteiger partial charge on any atom is 0.330 e. The molecule has 0 heterocycles. The van der Waals surface area contributed by atoms with Crippen LogP contribution in [0.25, 0.3) is 0 Å². The summed E-state index contributed by atoms with van der Waals surface area (Å²) >= 11 is 0. The molecule has 7 heteroatoms. The van der Waals surface area contributed by atoms with Gasteiger partial charge in [0.25, 0.3) is 5.91 Å². The third-order valence-corrected chi connectivity index (χ3v) is 8.68. The Balaban J connectivity index is 4.25. The molecule has 0 aliphatic heterocycles. The number of likely N-dealkylation sites (N-methyl/N-ethyl adjacent to an activating group) is 1. The number of ether oxygens (including phenoxy) is 1. The van der Waals surface area contributed by atoms with Gasteiger partial charge in [0.1, 0.15) is 6.04 Å². The first-order valence-electron chi connectivity index (χ1n) is 20.8. The molecule has 2 N–H and O–H groups in total. The van der Waals surface area contributed by atoms with Crippen molar-refractivity contribution in [2.24, 2.45) is 0 Å². The van der Waals surface area contributed by atoms with Gasteiger partial charge >= 0.3 is 5.97 Å². The smallest absolute Gasteiger partial charge is 0.330 e. The highest BCUT2D eigenvalue weighted by Gasteiger charge is 2.24. The van der Waals surface area contributed by atoms with Gasteiger partial charge in [-0.2, -0.15) is 0 Å².